The van der Waals surface area contributed by atoms with Gasteiger partial charge in [0.15, 0.2) is 6.10 Å². The number of rotatable bonds is 33. The summed E-state index contributed by atoms with van der Waals surface area (Å²) in [5.41, 5.74) is 0. The van der Waals surface area contributed by atoms with E-state index in [1.807, 2.05) is 0 Å². The van der Waals surface area contributed by atoms with Crippen LogP contribution >= 0.6 is 0 Å². The van der Waals surface area contributed by atoms with Crippen LogP contribution in [-0.2, 0) is 9.59 Å². The topological polar surface area (TPSA) is 151 Å². The number of nitrogens with zero attached hydrogens (tertiary/aromatic N) is 1. The third kappa shape index (κ3) is 24.6. The fourth-order valence-corrected chi connectivity index (χ4v) is 5.67. The summed E-state index contributed by atoms with van der Waals surface area (Å²) in [6.45, 7) is 5.62. The predicted octanol–water partition coefficient (Wildman–Crippen LogP) is 5.77. The number of nitrogens with one attached hydrogen (secondary N) is 1. The average molecular weight is 645 g/mol. The molecular weight excluding hydrogens is 572 g/mol. The van der Waals surface area contributed by atoms with Gasteiger partial charge in [-0.25, -0.2) is 0 Å². The van der Waals surface area contributed by atoms with Crippen LogP contribution in [0.1, 0.15) is 168 Å². The van der Waals surface area contributed by atoms with E-state index in [9.17, 15) is 30.0 Å². The zero-order valence-electron chi connectivity index (χ0n) is 29.1. The van der Waals surface area contributed by atoms with Gasteiger partial charge in [-0.1, -0.05) is 136 Å². The Bertz CT molecular complexity index is 658. The molecule has 0 heterocycles. The van der Waals surface area contributed by atoms with E-state index in [0.29, 0.717) is 19.3 Å². The Morgan fingerprint density at radius 1 is 0.556 bits per heavy atom. The van der Waals surface area contributed by atoms with Crippen molar-refractivity contribution in [3.8, 4) is 0 Å². The van der Waals surface area contributed by atoms with Gasteiger partial charge in [-0.3, -0.25) is 9.59 Å². The van der Waals surface area contributed by atoms with Crippen molar-refractivity contribution in [3.63, 3.8) is 0 Å². The molecule has 9 heteroatoms. The third-order valence-electron chi connectivity index (χ3n) is 8.81. The Hall–Kier alpha value is -1.26. The van der Waals surface area contributed by atoms with Crippen LogP contribution in [0.2, 0.25) is 0 Å². The number of amides is 2. The van der Waals surface area contributed by atoms with Gasteiger partial charge >= 0.3 is 0 Å². The number of carbonyl (C=O) groups is 2. The van der Waals surface area contributed by atoms with Crippen molar-refractivity contribution in [1.29, 1.82) is 0 Å². The van der Waals surface area contributed by atoms with Crippen molar-refractivity contribution in [2.24, 2.45) is 0 Å². The fraction of sp³-hybridized carbons (Fsp3) is 0.944. The molecule has 0 aliphatic carbocycles. The summed E-state index contributed by atoms with van der Waals surface area (Å²) in [5.74, 6) is -0.650. The maximum Gasteiger partial charge on any atom is 0.251 e. The van der Waals surface area contributed by atoms with Crippen molar-refractivity contribution in [3.05, 3.63) is 0 Å². The average Bonchev–Trinajstić information content (AvgIpc) is 3.05. The number of hydrogen-bond donors (Lipinski definition) is 6. The highest BCUT2D eigenvalue weighted by Gasteiger charge is 2.33. The van der Waals surface area contributed by atoms with Crippen LogP contribution in [0.3, 0.4) is 0 Å². The second-order valence-electron chi connectivity index (χ2n) is 13.0. The zero-order valence-corrected chi connectivity index (χ0v) is 29.1. The molecule has 0 aromatic carbocycles. The first kappa shape index (κ1) is 43.7. The second-order valence-corrected chi connectivity index (χ2v) is 13.0. The van der Waals surface area contributed by atoms with Gasteiger partial charge in [-0.15, -0.1) is 0 Å². The SMILES string of the molecule is CCCCCCCCCCCCN(CCCCCCCCCCCC)C(=O)CCCCCNC(=O)[C@H](O)[C@@H](O)[C@H](O)[C@H](O)CO. The standard InChI is InChI=1S/C36H72N2O7/c1-3-5-7-9-11-13-15-17-19-24-28-38(29-25-20-18-16-14-12-10-8-6-4-2)32(41)26-22-21-23-27-37-36(45)35(44)34(43)33(42)31(40)30-39/h31,33-35,39-40,42-44H,3-30H2,1-2H3,(H,37,45)/t31-,33-,34+,35-/m1/s1. The Kier molecular flexibility index (Phi) is 30.5. The van der Waals surface area contributed by atoms with Crippen LogP contribution in [0.25, 0.3) is 0 Å². The van der Waals surface area contributed by atoms with Crippen LogP contribution in [0.5, 0.6) is 0 Å². The number of carbonyl (C=O) groups excluding carboxylic acids is 2. The molecule has 0 saturated carbocycles. The van der Waals surface area contributed by atoms with E-state index < -0.39 is 36.9 Å². The summed E-state index contributed by atoms with van der Waals surface area (Å²) in [4.78, 5) is 27.2. The smallest absolute Gasteiger partial charge is 0.251 e. The zero-order chi connectivity index (χ0) is 33.5. The monoisotopic (exact) mass is 645 g/mol. The minimum Gasteiger partial charge on any atom is -0.394 e. The molecule has 0 aromatic heterocycles. The number of aliphatic hydroxyl groups excluding tert-OH is 5. The first-order valence-electron chi connectivity index (χ1n) is 18.7. The minimum atomic E-state index is -1.92. The highest BCUT2D eigenvalue weighted by Crippen LogP contribution is 2.14. The quantitative estimate of drug-likeness (QED) is 0.0497. The molecule has 268 valence electrons. The fourth-order valence-electron chi connectivity index (χ4n) is 5.67. The molecule has 0 spiro atoms. The first-order valence-corrected chi connectivity index (χ1v) is 18.7. The molecule has 45 heavy (non-hydrogen) atoms. The van der Waals surface area contributed by atoms with E-state index in [2.05, 4.69) is 24.1 Å². The Morgan fingerprint density at radius 2 is 0.956 bits per heavy atom. The summed E-state index contributed by atoms with van der Waals surface area (Å²) in [6.07, 6.45) is 20.7. The molecule has 0 fully saturated rings. The molecule has 2 amide bonds. The first-order chi connectivity index (χ1) is 21.8. The summed E-state index contributed by atoms with van der Waals surface area (Å²) in [5, 5.41) is 50.2. The molecule has 4 atom stereocenters. The number of unbranched alkanes of at least 4 members (excludes halogenated alkanes) is 20. The van der Waals surface area contributed by atoms with Crippen LogP contribution in [0.4, 0.5) is 0 Å². The lowest BCUT2D eigenvalue weighted by atomic mass is 10.0. The molecule has 0 unspecified atom stereocenters. The number of hydrogen-bond acceptors (Lipinski definition) is 7. The van der Waals surface area contributed by atoms with Crippen LogP contribution in [0, 0.1) is 0 Å². The Morgan fingerprint density at radius 3 is 1.38 bits per heavy atom. The lowest BCUT2D eigenvalue weighted by Gasteiger charge is -2.25. The van der Waals surface area contributed by atoms with E-state index in [4.69, 9.17) is 5.11 Å². The number of aliphatic hydroxyl groups is 5. The van der Waals surface area contributed by atoms with Crippen LogP contribution in [-0.4, -0.2) is 92.9 Å². The molecular formula is C36H72N2O7. The molecule has 0 aromatic rings. The van der Waals surface area contributed by atoms with E-state index in [1.165, 1.54) is 116 Å². The second kappa shape index (κ2) is 31.3. The van der Waals surface area contributed by atoms with Crippen LogP contribution < -0.4 is 5.32 Å². The third-order valence-corrected chi connectivity index (χ3v) is 8.81. The molecule has 0 aliphatic rings. The van der Waals surface area contributed by atoms with Crippen molar-refractivity contribution in [2.75, 3.05) is 26.2 Å². The summed E-state index contributed by atoms with van der Waals surface area (Å²) < 4.78 is 0. The highest BCUT2D eigenvalue weighted by atomic mass is 16.4. The maximum absolute atomic E-state index is 13.1. The van der Waals surface area contributed by atoms with Gasteiger partial charge in [0.2, 0.25) is 5.91 Å². The van der Waals surface area contributed by atoms with Crippen molar-refractivity contribution >= 4 is 11.8 Å². The lowest BCUT2D eigenvalue weighted by Crippen LogP contribution is -2.51. The molecule has 0 rings (SSSR count). The van der Waals surface area contributed by atoms with Gasteiger partial charge in [0.1, 0.15) is 18.3 Å². The largest absolute Gasteiger partial charge is 0.394 e. The van der Waals surface area contributed by atoms with Gasteiger partial charge in [0.25, 0.3) is 5.91 Å². The van der Waals surface area contributed by atoms with E-state index in [0.717, 1.165) is 32.4 Å². The molecule has 6 N–H and O–H groups in total. The predicted molar refractivity (Wildman–Crippen MR) is 183 cm³/mol. The van der Waals surface area contributed by atoms with Gasteiger partial charge in [-0.2, -0.15) is 0 Å². The van der Waals surface area contributed by atoms with Crippen molar-refractivity contribution in [1.82, 2.24) is 10.2 Å². The molecule has 0 saturated heterocycles. The summed E-state index contributed by atoms with van der Waals surface area (Å²) in [7, 11) is 0. The van der Waals surface area contributed by atoms with E-state index in [1.54, 1.807) is 0 Å². The normalized spacial score (nSPS) is 14.2. The molecule has 0 bridgehead atoms. The highest BCUT2D eigenvalue weighted by molar-refractivity contribution is 5.81. The minimum absolute atomic E-state index is 0.209. The van der Waals surface area contributed by atoms with Crippen molar-refractivity contribution < 1.29 is 35.1 Å². The molecule has 0 aliphatic heterocycles. The summed E-state index contributed by atoms with van der Waals surface area (Å²) in [6, 6.07) is 0. The van der Waals surface area contributed by atoms with E-state index >= 15 is 0 Å². The van der Waals surface area contributed by atoms with Gasteiger partial charge in [0.05, 0.1) is 6.61 Å². The lowest BCUT2D eigenvalue weighted by molar-refractivity contribution is -0.148. The maximum atomic E-state index is 13.1. The van der Waals surface area contributed by atoms with Crippen molar-refractivity contribution in [2.45, 2.75) is 192 Å². The molecule has 9 nitrogen and oxygen atoms in total. The van der Waals surface area contributed by atoms with E-state index in [-0.39, 0.29) is 12.5 Å². The summed E-state index contributed by atoms with van der Waals surface area (Å²) >= 11 is 0. The Balaban J connectivity index is 4.37. The van der Waals surface area contributed by atoms with Gasteiger partial charge < -0.3 is 35.7 Å². The Labute approximate surface area is 275 Å². The van der Waals surface area contributed by atoms with Crippen LogP contribution in [0.15, 0.2) is 0 Å². The van der Waals surface area contributed by atoms with Gasteiger partial charge in [0, 0.05) is 26.1 Å². The molecule has 0 radical (unpaired) electrons. The van der Waals surface area contributed by atoms with Gasteiger partial charge in [-0.05, 0) is 25.7 Å².